The summed E-state index contributed by atoms with van der Waals surface area (Å²) in [5.74, 6) is 1.01. The first-order valence-electron chi connectivity index (χ1n) is 7.43. The lowest BCUT2D eigenvalue weighted by atomic mass is 10.1. The predicted octanol–water partition coefficient (Wildman–Crippen LogP) is 1.36. The molecule has 2 heterocycles. The molecule has 1 fully saturated rings. The van der Waals surface area contributed by atoms with Gasteiger partial charge in [0.2, 0.25) is 11.8 Å². The molecule has 2 amide bonds. The van der Waals surface area contributed by atoms with Crippen molar-refractivity contribution < 1.29 is 23.8 Å². The molecule has 2 aromatic rings. The molecule has 1 atom stereocenters. The van der Waals surface area contributed by atoms with Crippen LogP contribution in [0.4, 0.5) is 4.79 Å². The van der Waals surface area contributed by atoms with Crippen LogP contribution in [-0.4, -0.2) is 36.7 Å². The maximum atomic E-state index is 11.2. The van der Waals surface area contributed by atoms with E-state index < -0.39 is 6.09 Å². The summed E-state index contributed by atoms with van der Waals surface area (Å²) >= 11 is 0. The maximum Gasteiger partial charge on any atom is 0.410 e. The molecular formula is C16H17N3O5. The minimum atomic E-state index is -0.921. The van der Waals surface area contributed by atoms with E-state index in [1.54, 1.807) is 24.4 Å². The largest absolute Gasteiger partial charge is 0.493 e. The third kappa shape index (κ3) is 3.32. The molecule has 3 rings (SSSR count). The Labute approximate surface area is 137 Å². The number of primary amides is 1. The topological polar surface area (TPSA) is 113 Å². The van der Waals surface area contributed by atoms with Crippen molar-refractivity contribution in [1.29, 1.82) is 0 Å². The highest BCUT2D eigenvalue weighted by Gasteiger charge is 2.22. The zero-order valence-corrected chi connectivity index (χ0v) is 13.1. The van der Waals surface area contributed by atoms with Gasteiger partial charge in [-0.15, -0.1) is 0 Å². The van der Waals surface area contributed by atoms with E-state index in [2.05, 4.69) is 10.3 Å². The number of ether oxygens (including phenoxy) is 3. The van der Waals surface area contributed by atoms with Gasteiger partial charge in [-0.2, -0.15) is 0 Å². The minimum Gasteiger partial charge on any atom is -0.493 e. The molecule has 3 N–H and O–H groups in total. The third-order valence-corrected chi connectivity index (χ3v) is 3.73. The Bertz CT molecular complexity index is 793. The van der Waals surface area contributed by atoms with Crippen LogP contribution in [0.1, 0.15) is 12.8 Å². The molecule has 8 heteroatoms. The van der Waals surface area contributed by atoms with Crippen LogP contribution in [0.25, 0.3) is 10.8 Å². The van der Waals surface area contributed by atoms with E-state index in [4.69, 9.17) is 19.9 Å². The molecule has 1 saturated heterocycles. The van der Waals surface area contributed by atoms with Gasteiger partial charge in [-0.3, -0.25) is 4.79 Å². The molecule has 1 aromatic carbocycles. The molecule has 1 aliphatic rings. The number of aromatic nitrogens is 1. The van der Waals surface area contributed by atoms with Crippen molar-refractivity contribution in [2.75, 3.05) is 13.7 Å². The number of nitrogens with one attached hydrogen (secondary N) is 1. The fraction of sp³-hybridized carbons (Fsp3) is 0.312. The first-order valence-corrected chi connectivity index (χ1v) is 7.43. The van der Waals surface area contributed by atoms with Crippen LogP contribution in [-0.2, 0) is 4.79 Å². The number of carbonyl (C=O) groups excluding carboxylic acids is 2. The summed E-state index contributed by atoms with van der Waals surface area (Å²) in [6, 6.07) is 5.04. The number of fused-ring (bicyclic) bond motifs is 1. The van der Waals surface area contributed by atoms with Crippen LogP contribution in [0.15, 0.2) is 24.4 Å². The van der Waals surface area contributed by atoms with E-state index >= 15 is 0 Å². The van der Waals surface area contributed by atoms with Gasteiger partial charge in [-0.1, -0.05) is 0 Å². The number of methoxy groups -OCH3 is 1. The summed E-state index contributed by atoms with van der Waals surface area (Å²) < 4.78 is 15.9. The lowest BCUT2D eigenvalue weighted by Gasteiger charge is -2.14. The smallest absolute Gasteiger partial charge is 0.410 e. The van der Waals surface area contributed by atoms with Crippen molar-refractivity contribution in [1.82, 2.24) is 10.3 Å². The van der Waals surface area contributed by atoms with Crippen molar-refractivity contribution in [3.8, 4) is 17.4 Å². The van der Waals surface area contributed by atoms with Gasteiger partial charge in [0.15, 0.2) is 11.5 Å². The predicted molar refractivity (Wildman–Crippen MR) is 85.2 cm³/mol. The Morgan fingerprint density at radius 1 is 1.42 bits per heavy atom. The van der Waals surface area contributed by atoms with Gasteiger partial charge >= 0.3 is 6.09 Å². The minimum absolute atomic E-state index is 0.0195. The fourth-order valence-electron chi connectivity index (χ4n) is 2.60. The number of pyridine rings is 1. The van der Waals surface area contributed by atoms with E-state index in [1.165, 1.54) is 7.11 Å². The lowest BCUT2D eigenvalue weighted by molar-refractivity contribution is -0.119. The van der Waals surface area contributed by atoms with Crippen molar-refractivity contribution in [3.63, 3.8) is 0 Å². The summed E-state index contributed by atoms with van der Waals surface area (Å²) in [6.07, 6.45) is 1.92. The number of carbonyl (C=O) groups is 2. The van der Waals surface area contributed by atoms with Crippen LogP contribution in [0.2, 0.25) is 0 Å². The third-order valence-electron chi connectivity index (χ3n) is 3.73. The fourth-order valence-corrected chi connectivity index (χ4v) is 2.60. The van der Waals surface area contributed by atoms with Crippen LogP contribution in [0.5, 0.6) is 17.4 Å². The zero-order valence-electron chi connectivity index (χ0n) is 13.1. The maximum absolute atomic E-state index is 11.2. The van der Waals surface area contributed by atoms with Gasteiger partial charge in [-0.05, 0) is 30.0 Å². The first-order chi connectivity index (χ1) is 11.6. The van der Waals surface area contributed by atoms with E-state index in [9.17, 15) is 9.59 Å². The highest BCUT2D eigenvalue weighted by Crippen LogP contribution is 2.35. The number of rotatable bonds is 5. The van der Waals surface area contributed by atoms with E-state index in [0.29, 0.717) is 30.0 Å². The van der Waals surface area contributed by atoms with Gasteiger partial charge in [-0.25, -0.2) is 9.78 Å². The van der Waals surface area contributed by atoms with Crippen LogP contribution in [0.3, 0.4) is 0 Å². The Hall–Kier alpha value is -3.03. The summed E-state index contributed by atoms with van der Waals surface area (Å²) in [4.78, 5) is 26.5. The number of nitrogens with zero attached hydrogens (tertiary/aromatic N) is 1. The van der Waals surface area contributed by atoms with E-state index in [0.717, 1.165) is 11.8 Å². The summed E-state index contributed by atoms with van der Waals surface area (Å²) in [5.41, 5.74) is 5.06. The van der Waals surface area contributed by atoms with Gasteiger partial charge in [0.1, 0.15) is 6.61 Å². The average molecular weight is 331 g/mol. The van der Waals surface area contributed by atoms with Gasteiger partial charge < -0.3 is 25.3 Å². The Kier molecular flexibility index (Phi) is 4.37. The first kappa shape index (κ1) is 15.9. The molecule has 1 aromatic heterocycles. The van der Waals surface area contributed by atoms with Crippen molar-refractivity contribution in [2.45, 2.75) is 18.9 Å². The van der Waals surface area contributed by atoms with Crippen LogP contribution >= 0.6 is 0 Å². The second-order valence-electron chi connectivity index (χ2n) is 5.38. The van der Waals surface area contributed by atoms with Crippen LogP contribution < -0.4 is 25.3 Å². The highest BCUT2D eigenvalue weighted by atomic mass is 16.6. The summed E-state index contributed by atoms with van der Waals surface area (Å²) in [7, 11) is 1.46. The van der Waals surface area contributed by atoms with Crippen molar-refractivity contribution in [3.05, 3.63) is 24.4 Å². The molecule has 126 valence electrons. The molecular weight excluding hydrogens is 314 g/mol. The number of amides is 2. The Morgan fingerprint density at radius 2 is 2.25 bits per heavy atom. The van der Waals surface area contributed by atoms with Crippen molar-refractivity contribution >= 4 is 22.8 Å². The van der Waals surface area contributed by atoms with Gasteiger partial charge in [0.05, 0.1) is 13.2 Å². The number of hydrogen-bond donors (Lipinski definition) is 2. The zero-order chi connectivity index (χ0) is 17.1. The average Bonchev–Trinajstić information content (AvgIpc) is 2.97. The normalized spacial score (nSPS) is 16.7. The SMILES string of the molecule is COc1cc2c(OCC3CCC(=O)N3)nccc2cc1OC(N)=O. The van der Waals surface area contributed by atoms with Gasteiger partial charge in [0, 0.05) is 18.0 Å². The molecule has 1 unspecified atom stereocenters. The molecule has 8 nitrogen and oxygen atoms in total. The molecule has 24 heavy (non-hydrogen) atoms. The van der Waals surface area contributed by atoms with Crippen molar-refractivity contribution in [2.24, 2.45) is 5.73 Å². The molecule has 0 spiro atoms. The number of hydrogen-bond acceptors (Lipinski definition) is 6. The second-order valence-corrected chi connectivity index (χ2v) is 5.38. The monoisotopic (exact) mass is 331 g/mol. The number of nitrogens with two attached hydrogens (primary N) is 1. The Balaban J connectivity index is 1.88. The summed E-state index contributed by atoms with van der Waals surface area (Å²) in [6.45, 7) is 0.333. The van der Waals surface area contributed by atoms with Crippen LogP contribution in [0, 0.1) is 0 Å². The van der Waals surface area contributed by atoms with E-state index in [1.807, 2.05) is 0 Å². The second kappa shape index (κ2) is 6.61. The van der Waals surface area contributed by atoms with E-state index in [-0.39, 0.29) is 17.7 Å². The van der Waals surface area contributed by atoms with Gasteiger partial charge in [0.25, 0.3) is 0 Å². The molecule has 0 saturated carbocycles. The molecule has 1 aliphatic heterocycles. The lowest BCUT2D eigenvalue weighted by Crippen LogP contribution is -2.31. The Morgan fingerprint density at radius 3 is 2.92 bits per heavy atom. The molecule has 0 aliphatic carbocycles. The quantitative estimate of drug-likeness (QED) is 0.855. The molecule has 0 radical (unpaired) electrons. The summed E-state index contributed by atoms with van der Waals surface area (Å²) in [5, 5.41) is 4.30. The highest BCUT2D eigenvalue weighted by molar-refractivity contribution is 5.90. The standard InChI is InChI=1S/C16H17N3O5/c1-22-12-7-11-9(6-13(12)24-16(17)21)4-5-18-15(11)23-8-10-2-3-14(20)19-10/h4-7,10H,2-3,8H2,1H3,(H2,17,21)(H,19,20). The molecule has 0 bridgehead atoms. The number of benzene rings is 1.